The van der Waals surface area contributed by atoms with Gasteiger partial charge in [0, 0.05) is 12.0 Å². The Morgan fingerprint density at radius 3 is 2.62 bits per heavy atom. The molecule has 0 N–H and O–H groups in total. The number of rotatable bonds is 3. The van der Waals surface area contributed by atoms with Gasteiger partial charge in [-0.3, -0.25) is 0 Å². The molecule has 2 aliphatic heterocycles. The van der Waals surface area contributed by atoms with Crippen molar-refractivity contribution in [1.29, 1.82) is 0 Å². The summed E-state index contributed by atoms with van der Waals surface area (Å²) >= 11 is 0. The Morgan fingerprint density at radius 1 is 1.08 bits per heavy atom. The first-order valence-corrected chi connectivity index (χ1v) is 9.20. The first kappa shape index (κ1) is 17.3. The minimum absolute atomic E-state index is 0.0498. The summed E-state index contributed by atoms with van der Waals surface area (Å²) in [6, 6.07) is 16.9. The Morgan fingerprint density at radius 2 is 1.85 bits per heavy atom. The molecular weight excluding hydrogens is 326 g/mol. The summed E-state index contributed by atoms with van der Waals surface area (Å²) in [7, 11) is 1.69. The van der Waals surface area contributed by atoms with Gasteiger partial charge in [-0.15, -0.1) is 0 Å². The molecule has 136 valence electrons. The standard InChI is InChI=1S/C22H26NO3/c1-22(2)25-15-20(21(26-22)17-8-10-19(24-3)11-9-17)23-13-12-16-6-4-5-7-18(16)14-23/h4-11,14,20-21H,12-13,15H2,1-3H3/q+1. The van der Waals surface area contributed by atoms with E-state index < -0.39 is 5.79 Å². The lowest BCUT2D eigenvalue weighted by molar-refractivity contribution is -0.595. The molecule has 2 unspecified atom stereocenters. The van der Waals surface area contributed by atoms with E-state index in [1.807, 2.05) is 26.0 Å². The van der Waals surface area contributed by atoms with Crippen LogP contribution >= 0.6 is 0 Å². The van der Waals surface area contributed by atoms with Crippen LogP contribution in [-0.4, -0.2) is 42.9 Å². The maximum atomic E-state index is 6.36. The fourth-order valence-corrected chi connectivity index (χ4v) is 3.79. The summed E-state index contributed by atoms with van der Waals surface area (Å²) in [5, 5.41) is 0. The molecule has 0 spiro atoms. The molecule has 4 heteroatoms. The number of hydrogen-bond donors (Lipinski definition) is 0. The van der Waals surface area contributed by atoms with E-state index in [4.69, 9.17) is 14.2 Å². The van der Waals surface area contributed by atoms with Crippen LogP contribution in [0.15, 0.2) is 48.5 Å². The van der Waals surface area contributed by atoms with Crippen molar-refractivity contribution in [1.82, 2.24) is 0 Å². The van der Waals surface area contributed by atoms with Gasteiger partial charge in [-0.2, -0.15) is 0 Å². The predicted molar refractivity (Wildman–Crippen MR) is 101 cm³/mol. The van der Waals surface area contributed by atoms with Crippen molar-refractivity contribution >= 4 is 6.21 Å². The highest BCUT2D eigenvalue weighted by molar-refractivity contribution is 5.78. The lowest BCUT2D eigenvalue weighted by Crippen LogP contribution is -2.50. The maximum absolute atomic E-state index is 6.36. The van der Waals surface area contributed by atoms with Crippen LogP contribution in [0.2, 0.25) is 0 Å². The van der Waals surface area contributed by atoms with Crippen molar-refractivity contribution in [2.45, 2.75) is 38.2 Å². The van der Waals surface area contributed by atoms with Gasteiger partial charge < -0.3 is 14.2 Å². The zero-order chi connectivity index (χ0) is 18.1. The third-order valence-electron chi connectivity index (χ3n) is 5.23. The molecule has 4 rings (SSSR count). The number of methoxy groups -OCH3 is 1. The van der Waals surface area contributed by atoms with Crippen LogP contribution in [0.25, 0.3) is 0 Å². The van der Waals surface area contributed by atoms with Gasteiger partial charge in [-0.05, 0) is 43.2 Å². The normalized spacial score (nSPS) is 24.5. The summed E-state index contributed by atoms with van der Waals surface area (Å²) in [5.74, 6) is 0.268. The van der Waals surface area contributed by atoms with Crippen LogP contribution in [0.4, 0.5) is 0 Å². The second kappa shape index (κ2) is 6.86. The molecule has 0 saturated carbocycles. The highest BCUT2D eigenvalue weighted by Gasteiger charge is 2.43. The molecule has 1 fully saturated rings. The number of nitrogens with zero attached hydrogens (tertiary/aromatic N) is 1. The number of ether oxygens (including phenoxy) is 3. The highest BCUT2D eigenvalue weighted by atomic mass is 16.7. The van der Waals surface area contributed by atoms with Gasteiger partial charge in [0.1, 0.15) is 25.0 Å². The van der Waals surface area contributed by atoms with E-state index >= 15 is 0 Å². The molecule has 1 saturated heterocycles. The Balaban J connectivity index is 1.68. The Kier molecular flexibility index (Phi) is 4.55. The zero-order valence-corrected chi connectivity index (χ0v) is 15.6. The van der Waals surface area contributed by atoms with Crippen molar-refractivity contribution < 1.29 is 18.8 Å². The molecular formula is C22H26NO3+. The van der Waals surface area contributed by atoms with E-state index in [0.717, 1.165) is 24.3 Å². The molecule has 26 heavy (non-hydrogen) atoms. The zero-order valence-electron chi connectivity index (χ0n) is 15.6. The van der Waals surface area contributed by atoms with Gasteiger partial charge >= 0.3 is 0 Å². The van der Waals surface area contributed by atoms with Crippen molar-refractivity contribution in [2.75, 3.05) is 20.3 Å². The van der Waals surface area contributed by atoms with Crippen LogP contribution < -0.4 is 4.74 Å². The average Bonchev–Trinajstić information content (AvgIpc) is 2.67. The Labute approximate surface area is 155 Å². The third-order valence-corrected chi connectivity index (χ3v) is 5.23. The lowest BCUT2D eigenvalue weighted by Gasteiger charge is -2.39. The van der Waals surface area contributed by atoms with E-state index in [-0.39, 0.29) is 12.1 Å². The summed E-state index contributed by atoms with van der Waals surface area (Å²) in [4.78, 5) is 0. The fourth-order valence-electron chi connectivity index (χ4n) is 3.79. The molecule has 2 aromatic carbocycles. The average molecular weight is 352 g/mol. The molecule has 0 amide bonds. The van der Waals surface area contributed by atoms with Gasteiger partial charge in [-0.25, -0.2) is 4.58 Å². The fraction of sp³-hybridized carbons (Fsp3) is 0.409. The molecule has 0 aliphatic carbocycles. The minimum atomic E-state index is -0.589. The van der Waals surface area contributed by atoms with E-state index in [0.29, 0.717) is 6.61 Å². The molecule has 0 radical (unpaired) electrons. The summed E-state index contributed by atoms with van der Waals surface area (Å²) in [6.07, 6.45) is 3.25. The number of hydrogen-bond acceptors (Lipinski definition) is 3. The maximum Gasteiger partial charge on any atom is 0.206 e. The Bertz CT molecular complexity index is 810. The van der Waals surface area contributed by atoms with Crippen LogP contribution in [0.5, 0.6) is 5.75 Å². The van der Waals surface area contributed by atoms with Crippen LogP contribution in [0.1, 0.15) is 36.6 Å². The monoisotopic (exact) mass is 352 g/mol. The van der Waals surface area contributed by atoms with Crippen LogP contribution in [-0.2, 0) is 15.9 Å². The van der Waals surface area contributed by atoms with Crippen molar-refractivity contribution in [3.8, 4) is 5.75 Å². The molecule has 4 nitrogen and oxygen atoms in total. The number of fused-ring (bicyclic) bond motifs is 1. The van der Waals surface area contributed by atoms with Gasteiger partial charge in [0.25, 0.3) is 0 Å². The first-order valence-electron chi connectivity index (χ1n) is 9.20. The molecule has 2 aliphatic rings. The molecule has 0 bridgehead atoms. The molecule has 0 aromatic heterocycles. The van der Waals surface area contributed by atoms with Crippen molar-refractivity contribution in [2.24, 2.45) is 0 Å². The van der Waals surface area contributed by atoms with Gasteiger partial charge in [0.2, 0.25) is 6.04 Å². The van der Waals surface area contributed by atoms with E-state index in [1.165, 1.54) is 11.1 Å². The second-order valence-electron chi connectivity index (χ2n) is 7.41. The number of benzene rings is 2. The van der Waals surface area contributed by atoms with Crippen LogP contribution in [0, 0.1) is 0 Å². The molecule has 2 atom stereocenters. The quantitative estimate of drug-likeness (QED) is 0.791. The third kappa shape index (κ3) is 3.39. The SMILES string of the molecule is COc1ccc(C2OC(C)(C)OCC2[N+]2=Cc3ccccc3CC2)cc1. The van der Waals surface area contributed by atoms with Gasteiger partial charge in [0.15, 0.2) is 12.0 Å². The highest BCUT2D eigenvalue weighted by Crippen LogP contribution is 2.35. The van der Waals surface area contributed by atoms with Gasteiger partial charge in [0.05, 0.1) is 7.11 Å². The lowest BCUT2D eigenvalue weighted by atomic mass is 9.97. The van der Waals surface area contributed by atoms with Crippen molar-refractivity contribution in [3.05, 3.63) is 65.2 Å². The molecule has 2 heterocycles. The van der Waals surface area contributed by atoms with Crippen LogP contribution in [0.3, 0.4) is 0 Å². The Hall–Kier alpha value is -2.17. The molecule has 2 aromatic rings. The van der Waals surface area contributed by atoms with Gasteiger partial charge in [-0.1, -0.05) is 30.3 Å². The van der Waals surface area contributed by atoms with E-state index in [2.05, 4.69) is 47.2 Å². The summed E-state index contributed by atoms with van der Waals surface area (Å²) < 4.78 is 20.0. The largest absolute Gasteiger partial charge is 0.497 e. The smallest absolute Gasteiger partial charge is 0.206 e. The predicted octanol–water partition coefficient (Wildman–Crippen LogP) is 3.58. The second-order valence-corrected chi connectivity index (χ2v) is 7.41. The van der Waals surface area contributed by atoms with E-state index in [1.54, 1.807) is 7.11 Å². The minimum Gasteiger partial charge on any atom is -0.497 e. The van der Waals surface area contributed by atoms with Crippen molar-refractivity contribution in [3.63, 3.8) is 0 Å². The summed E-state index contributed by atoms with van der Waals surface area (Å²) in [6.45, 7) is 5.58. The van der Waals surface area contributed by atoms with E-state index in [9.17, 15) is 0 Å². The topological polar surface area (TPSA) is 30.7 Å². The summed E-state index contributed by atoms with van der Waals surface area (Å²) in [5.41, 5.74) is 3.85. The first-order chi connectivity index (χ1) is 12.6.